The molecule has 4 heteroatoms. The van der Waals surface area contributed by atoms with Crippen molar-refractivity contribution in [1.82, 2.24) is 0 Å². The summed E-state index contributed by atoms with van der Waals surface area (Å²) >= 11 is 9.65. The first-order chi connectivity index (χ1) is 9.11. The number of nitrogens with zero attached hydrogens (tertiary/aromatic N) is 1. The molecule has 0 fully saturated rings. The average Bonchev–Trinajstić information content (AvgIpc) is 2.41. The standard InChI is InChI=1S/C15H16BrClN2/c1-19(10-12-4-2-3-5-14(12)16)15-8-13(17)7-6-11(15)9-18/h2-8H,9-10,18H2,1H3. The van der Waals surface area contributed by atoms with Crippen LogP contribution in [-0.2, 0) is 13.1 Å². The molecule has 2 aromatic carbocycles. The van der Waals surface area contributed by atoms with Gasteiger partial charge in [0.2, 0.25) is 0 Å². The summed E-state index contributed by atoms with van der Waals surface area (Å²) in [5.74, 6) is 0. The van der Waals surface area contributed by atoms with E-state index in [2.05, 4.69) is 26.9 Å². The minimum atomic E-state index is 0.507. The molecule has 0 saturated carbocycles. The lowest BCUT2D eigenvalue weighted by molar-refractivity contribution is 0.900. The fourth-order valence-electron chi connectivity index (χ4n) is 2.03. The lowest BCUT2D eigenvalue weighted by atomic mass is 10.1. The molecule has 0 amide bonds. The summed E-state index contributed by atoms with van der Waals surface area (Å²) in [6, 6.07) is 14.0. The number of nitrogens with two attached hydrogens (primary N) is 1. The number of anilines is 1. The van der Waals surface area contributed by atoms with Crippen molar-refractivity contribution in [3.63, 3.8) is 0 Å². The Morgan fingerprint density at radius 1 is 1.16 bits per heavy atom. The Labute approximate surface area is 127 Å². The number of hydrogen-bond acceptors (Lipinski definition) is 2. The lowest BCUT2D eigenvalue weighted by Gasteiger charge is -2.23. The van der Waals surface area contributed by atoms with Crippen molar-refractivity contribution in [3.05, 3.63) is 63.1 Å². The molecule has 2 aromatic rings. The van der Waals surface area contributed by atoms with Gasteiger partial charge in [0.1, 0.15) is 0 Å². The second-order valence-electron chi connectivity index (χ2n) is 4.42. The van der Waals surface area contributed by atoms with Gasteiger partial charge in [-0.1, -0.05) is 51.8 Å². The minimum absolute atomic E-state index is 0.507. The molecule has 100 valence electrons. The quantitative estimate of drug-likeness (QED) is 0.904. The maximum atomic E-state index is 6.08. The van der Waals surface area contributed by atoms with E-state index in [1.54, 1.807) is 0 Å². The molecule has 2 rings (SSSR count). The molecule has 2 nitrogen and oxygen atoms in total. The van der Waals surface area contributed by atoms with Crippen molar-refractivity contribution in [2.75, 3.05) is 11.9 Å². The minimum Gasteiger partial charge on any atom is -0.370 e. The van der Waals surface area contributed by atoms with Gasteiger partial charge < -0.3 is 10.6 Å². The molecule has 0 saturated heterocycles. The first kappa shape index (κ1) is 14.4. The lowest BCUT2D eigenvalue weighted by Crippen LogP contribution is -2.19. The zero-order chi connectivity index (χ0) is 13.8. The van der Waals surface area contributed by atoms with Crippen LogP contribution in [0.3, 0.4) is 0 Å². The van der Waals surface area contributed by atoms with Gasteiger partial charge in [-0.3, -0.25) is 0 Å². The van der Waals surface area contributed by atoms with Crippen molar-refractivity contribution in [3.8, 4) is 0 Å². The van der Waals surface area contributed by atoms with Gasteiger partial charge in [0.15, 0.2) is 0 Å². The van der Waals surface area contributed by atoms with Crippen LogP contribution in [0.4, 0.5) is 5.69 Å². The van der Waals surface area contributed by atoms with Crippen LogP contribution < -0.4 is 10.6 Å². The highest BCUT2D eigenvalue weighted by Crippen LogP contribution is 2.26. The summed E-state index contributed by atoms with van der Waals surface area (Å²) in [5.41, 5.74) is 9.18. The highest BCUT2D eigenvalue weighted by Gasteiger charge is 2.09. The molecule has 0 spiro atoms. The predicted octanol–water partition coefficient (Wildman–Crippen LogP) is 4.20. The van der Waals surface area contributed by atoms with Crippen LogP contribution in [-0.4, -0.2) is 7.05 Å². The van der Waals surface area contributed by atoms with Crippen LogP contribution in [0.25, 0.3) is 0 Å². The first-order valence-corrected chi connectivity index (χ1v) is 7.22. The van der Waals surface area contributed by atoms with Gasteiger partial charge in [-0.05, 0) is 29.3 Å². The van der Waals surface area contributed by atoms with Gasteiger partial charge in [-0.2, -0.15) is 0 Å². The van der Waals surface area contributed by atoms with Crippen LogP contribution >= 0.6 is 27.5 Å². The topological polar surface area (TPSA) is 29.3 Å². The molecule has 2 N–H and O–H groups in total. The maximum absolute atomic E-state index is 6.08. The van der Waals surface area contributed by atoms with Crippen LogP contribution in [0.5, 0.6) is 0 Å². The summed E-state index contributed by atoms with van der Waals surface area (Å²) in [6.45, 7) is 1.31. The molecular weight excluding hydrogens is 324 g/mol. The Morgan fingerprint density at radius 2 is 1.89 bits per heavy atom. The van der Waals surface area contributed by atoms with Crippen molar-refractivity contribution >= 4 is 33.2 Å². The van der Waals surface area contributed by atoms with Gasteiger partial charge in [-0.15, -0.1) is 0 Å². The smallest absolute Gasteiger partial charge is 0.0437 e. The van der Waals surface area contributed by atoms with Gasteiger partial charge in [0.05, 0.1) is 0 Å². The largest absolute Gasteiger partial charge is 0.370 e. The Hall–Kier alpha value is -1.03. The van der Waals surface area contributed by atoms with E-state index < -0.39 is 0 Å². The summed E-state index contributed by atoms with van der Waals surface area (Å²) in [6.07, 6.45) is 0. The van der Waals surface area contributed by atoms with E-state index in [1.807, 2.05) is 43.4 Å². The first-order valence-electron chi connectivity index (χ1n) is 6.05. The monoisotopic (exact) mass is 338 g/mol. The molecule has 0 radical (unpaired) electrons. The summed E-state index contributed by atoms with van der Waals surface area (Å²) in [7, 11) is 2.05. The van der Waals surface area contributed by atoms with E-state index in [4.69, 9.17) is 17.3 Å². The highest BCUT2D eigenvalue weighted by molar-refractivity contribution is 9.10. The Morgan fingerprint density at radius 3 is 2.58 bits per heavy atom. The van der Waals surface area contributed by atoms with E-state index >= 15 is 0 Å². The van der Waals surface area contributed by atoms with E-state index in [-0.39, 0.29) is 0 Å². The van der Waals surface area contributed by atoms with Crippen molar-refractivity contribution in [2.24, 2.45) is 5.73 Å². The summed E-state index contributed by atoms with van der Waals surface area (Å²) in [4.78, 5) is 2.16. The van der Waals surface area contributed by atoms with E-state index in [0.29, 0.717) is 6.54 Å². The summed E-state index contributed by atoms with van der Waals surface area (Å²) in [5, 5.41) is 0.728. The number of benzene rings is 2. The van der Waals surface area contributed by atoms with Gasteiger partial charge in [-0.25, -0.2) is 0 Å². The van der Waals surface area contributed by atoms with Crippen molar-refractivity contribution < 1.29 is 0 Å². The Balaban J connectivity index is 2.27. The zero-order valence-electron chi connectivity index (χ0n) is 10.7. The molecule has 0 bridgehead atoms. The molecule has 0 aliphatic carbocycles. The highest BCUT2D eigenvalue weighted by atomic mass is 79.9. The normalized spacial score (nSPS) is 10.5. The molecule has 0 aromatic heterocycles. The maximum Gasteiger partial charge on any atom is 0.0437 e. The molecule has 0 unspecified atom stereocenters. The van der Waals surface area contributed by atoms with E-state index in [0.717, 1.165) is 27.3 Å². The van der Waals surface area contributed by atoms with Crippen molar-refractivity contribution in [1.29, 1.82) is 0 Å². The SMILES string of the molecule is CN(Cc1ccccc1Br)c1cc(Cl)ccc1CN. The number of hydrogen-bond donors (Lipinski definition) is 1. The van der Waals surface area contributed by atoms with Gasteiger partial charge in [0.25, 0.3) is 0 Å². The molecule has 0 aliphatic heterocycles. The van der Waals surface area contributed by atoms with Crippen LogP contribution in [0.15, 0.2) is 46.9 Å². The molecule has 0 atom stereocenters. The van der Waals surface area contributed by atoms with E-state index in [9.17, 15) is 0 Å². The third kappa shape index (κ3) is 3.50. The Bertz CT molecular complexity index is 572. The zero-order valence-corrected chi connectivity index (χ0v) is 13.1. The fraction of sp³-hybridized carbons (Fsp3) is 0.200. The van der Waals surface area contributed by atoms with Crippen LogP contribution in [0, 0.1) is 0 Å². The second kappa shape index (κ2) is 6.42. The molecule has 0 heterocycles. The van der Waals surface area contributed by atoms with Gasteiger partial charge >= 0.3 is 0 Å². The van der Waals surface area contributed by atoms with E-state index in [1.165, 1.54) is 5.56 Å². The number of halogens is 2. The van der Waals surface area contributed by atoms with Crippen LogP contribution in [0.1, 0.15) is 11.1 Å². The fourth-order valence-corrected chi connectivity index (χ4v) is 2.61. The Kier molecular flexibility index (Phi) is 4.86. The third-order valence-corrected chi connectivity index (χ3v) is 4.05. The molecule has 19 heavy (non-hydrogen) atoms. The van der Waals surface area contributed by atoms with Gasteiger partial charge in [0, 0.05) is 35.3 Å². The average molecular weight is 340 g/mol. The second-order valence-corrected chi connectivity index (χ2v) is 5.72. The molecule has 0 aliphatic rings. The number of rotatable bonds is 4. The predicted molar refractivity (Wildman–Crippen MR) is 85.6 cm³/mol. The third-order valence-electron chi connectivity index (χ3n) is 3.04. The summed E-state index contributed by atoms with van der Waals surface area (Å²) < 4.78 is 1.11. The molecular formula is C15H16BrClN2. The van der Waals surface area contributed by atoms with Crippen molar-refractivity contribution in [2.45, 2.75) is 13.1 Å². The van der Waals surface area contributed by atoms with Crippen LogP contribution in [0.2, 0.25) is 5.02 Å².